The number of unbranched alkanes of at least 4 members (excludes halogenated alkanes) is 1. The van der Waals surface area contributed by atoms with Gasteiger partial charge in [-0.2, -0.15) is 18.2 Å². The Bertz CT molecular complexity index is 1670. The fourth-order valence-corrected chi connectivity index (χ4v) is 6.29. The molecule has 4 aromatic rings. The molecule has 2 N–H and O–H groups in total. The summed E-state index contributed by atoms with van der Waals surface area (Å²) in [5.74, 6) is 1.32. The van der Waals surface area contributed by atoms with Gasteiger partial charge in [-0.05, 0) is 97.4 Å². The number of aliphatic imine (C=N–C) groups is 1. The van der Waals surface area contributed by atoms with Gasteiger partial charge < -0.3 is 10.4 Å². The second-order valence-electron chi connectivity index (χ2n) is 11.2. The number of aliphatic hydroxyl groups excluding tert-OH is 1. The summed E-state index contributed by atoms with van der Waals surface area (Å²) < 4.78 is 40.1. The van der Waals surface area contributed by atoms with Crippen LogP contribution in [0.4, 0.5) is 18.9 Å². The summed E-state index contributed by atoms with van der Waals surface area (Å²) in [6.45, 7) is 6.99. The van der Waals surface area contributed by atoms with Crippen LogP contribution in [0.2, 0.25) is 0 Å². The molecule has 3 aromatic carbocycles. The number of nitrogens with one attached hydrogen (secondary N) is 1. The van der Waals surface area contributed by atoms with Crippen LogP contribution in [0.15, 0.2) is 78.0 Å². The largest absolute Gasteiger partial charge is 0.416 e. The standard InChI is InChI=1S/C33H35F3N6OS2/c1-21(2)27-15-10-22(3)17-28(27)42-29(43)19-45-32(42)39-31(44)37-16-5-4-7-23-8-6-9-24(18-23)30-38-20-41(40-30)26-13-11-25(12-14-26)33(34,35)36/h6,8-15,17-18,20-21,29,43H,4-5,7,16,19H2,1-3H3,(H,37,44)/b39-32-. The first-order chi connectivity index (χ1) is 21.5. The van der Waals surface area contributed by atoms with Crippen molar-refractivity contribution < 1.29 is 18.3 Å². The zero-order valence-corrected chi connectivity index (χ0v) is 26.9. The Morgan fingerprint density at radius 1 is 1.11 bits per heavy atom. The van der Waals surface area contributed by atoms with Gasteiger partial charge in [-0.25, -0.2) is 9.67 Å². The number of aromatic nitrogens is 3. The zero-order valence-electron chi connectivity index (χ0n) is 25.3. The molecule has 1 unspecified atom stereocenters. The molecule has 1 aliphatic heterocycles. The SMILES string of the molecule is Cc1ccc(C(C)C)c(N2/C(=N/C(=S)NCCCCc3cccc(-c4ncn(-c5ccc(C(F)(F)F)cc5)n4)c3)SCC2O)c1. The molecule has 2 heterocycles. The van der Waals surface area contributed by atoms with E-state index in [1.165, 1.54) is 34.9 Å². The normalized spacial score (nSPS) is 16.1. The predicted octanol–water partition coefficient (Wildman–Crippen LogP) is 7.51. The molecule has 0 saturated carbocycles. The van der Waals surface area contributed by atoms with Gasteiger partial charge in [0.25, 0.3) is 0 Å². The quantitative estimate of drug-likeness (QED) is 0.143. The van der Waals surface area contributed by atoms with Gasteiger partial charge in [0.05, 0.1) is 11.3 Å². The number of anilines is 1. The molecule has 1 aliphatic rings. The summed E-state index contributed by atoms with van der Waals surface area (Å²) >= 11 is 7.03. The van der Waals surface area contributed by atoms with Crippen LogP contribution in [0, 0.1) is 6.92 Å². The molecule has 1 saturated heterocycles. The van der Waals surface area contributed by atoms with E-state index in [-0.39, 0.29) is 0 Å². The van der Waals surface area contributed by atoms with Crippen molar-refractivity contribution in [3.8, 4) is 17.1 Å². The van der Waals surface area contributed by atoms with Gasteiger partial charge in [0, 0.05) is 23.5 Å². The van der Waals surface area contributed by atoms with Crippen LogP contribution in [-0.4, -0.2) is 48.7 Å². The third kappa shape index (κ3) is 8.11. The summed E-state index contributed by atoms with van der Waals surface area (Å²) in [6.07, 6.45) is -0.910. The van der Waals surface area contributed by atoms with Gasteiger partial charge in [0.15, 0.2) is 16.1 Å². The molecule has 0 radical (unpaired) electrons. The van der Waals surface area contributed by atoms with Crippen LogP contribution < -0.4 is 10.2 Å². The molecule has 236 valence electrons. The van der Waals surface area contributed by atoms with Crippen molar-refractivity contribution >= 4 is 39.9 Å². The van der Waals surface area contributed by atoms with Crippen LogP contribution in [0.5, 0.6) is 0 Å². The second kappa shape index (κ2) is 14.1. The lowest BCUT2D eigenvalue weighted by Crippen LogP contribution is -2.35. The molecule has 1 atom stereocenters. The highest BCUT2D eigenvalue weighted by molar-refractivity contribution is 8.14. The molecule has 1 fully saturated rings. The van der Waals surface area contributed by atoms with Crippen LogP contribution in [0.3, 0.4) is 0 Å². The van der Waals surface area contributed by atoms with Crippen molar-refractivity contribution in [2.75, 3.05) is 17.2 Å². The Morgan fingerprint density at radius 2 is 1.89 bits per heavy atom. The van der Waals surface area contributed by atoms with E-state index in [1.807, 2.05) is 36.1 Å². The number of thioether (sulfide) groups is 1. The van der Waals surface area contributed by atoms with Crippen LogP contribution >= 0.6 is 24.0 Å². The molecule has 7 nitrogen and oxygen atoms in total. The van der Waals surface area contributed by atoms with E-state index >= 15 is 0 Å². The maximum absolute atomic E-state index is 12.9. The number of amidine groups is 1. The van der Waals surface area contributed by atoms with Crippen molar-refractivity contribution in [1.29, 1.82) is 0 Å². The number of aryl methyl sites for hydroxylation is 2. The Labute approximate surface area is 270 Å². The van der Waals surface area contributed by atoms with Gasteiger partial charge in [-0.1, -0.05) is 55.9 Å². The number of halogens is 3. The highest BCUT2D eigenvalue weighted by atomic mass is 32.2. The van der Waals surface area contributed by atoms with Gasteiger partial charge >= 0.3 is 6.18 Å². The number of rotatable bonds is 9. The van der Waals surface area contributed by atoms with Crippen molar-refractivity contribution in [3.05, 3.63) is 95.3 Å². The Kier molecular flexibility index (Phi) is 10.3. The van der Waals surface area contributed by atoms with Gasteiger partial charge in [0.1, 0.15) is 12.6 Å². The summed E-state index contributed by atoms with van der Waals surface area (Å²) in [5, 5.41) is 19.6. The number of alkyl halides is 3. The number of aliphatic hydroxyl groups is 1. The molecule has 12 heteroatoms. The van der Waals surface area contributed by atoms with Crippen molar-refractivity contribution in [1.82, 2.24) is 20.1 Å². The molecule has 5 rings (SSSR count). The minimum atomic E-state index is -4.39. The fourth-order valence-electron chi connectivity index (χ4n) is 5.09. The molecule has 0 amide bonds. The summed E-state index contributed by atoms with van der Waals surface area (Å²) in [5.41, 5.74) is 5.00. The lowest BCUT2D eigenvalue weighted by atomic mass is 9.98. The molecular formula is C33H35F3N6OS2. The average Bonchev–Trinajstić information content (AvgIpc) is 3.64. The monoisotopic (exact) mass is 652 g/mol. The predicted molar refractivity (Wildman–Crippen MR) is 179 cm³/mol. The van der Waals surface area contributed by atoms with E-state index in [9.17, 15) is 18.3 Å². The van der Waals surface area contributed by atoms with Crippen molar-refractivity contribution in [2.45, 2.75) is 58.4 Å². The average molecular weight is 653 g/mol. The van der Waals surface area contributed by atoms with E-state index in [1.54, 1.807) is 0 Å². The number of nitrogens with zero attached hydrogens (tertiary/aromatic N) is 5. The molecule has 1 aromatic heterocycles. The smallest absolute Gasteiger partial charge is 0.372 e. The highest BCUT2D eigenvalue weighted by Gasteiger charge is 2.32. The second-order valence-corrected chi connectivity index (χ2v) is 12.6. The molecule has 0 bridgehead atoms. The Balaban J connectivity index is 1.13. The van der Waals surface area contributed by atoms with Crippen LogP contribution in [0.1, 0.15) is 54.9 Å². The number of thiocarbonyl (C=S) groups is 1. The fraction of sp³-hybridized carbons (Fsp3) is 0.333. The van der Waals surface area contributed by atoms with Crippen LogP contribution in [-0.2, 0) is 12.6 Å². The Morgan fingerprint density at radius 3 is 2.62 bits per heavy atom. The maximum Gasteiger partial charge on any atom is 0.416 e. The van der Waals surface area contributed by atoms with Gasteiger partial charge in [-0.15, -0.1) is 5.10 Å². The zero-order chi connectivity index (χ0) is 32.1. The van der Waals surface area contributed by atoms with E-state index in [0.29, 0.717) is 40.0 Å². The number of benzene rings is 3. The van der Waals surface area contributed by atoms with Crippen molar-refractivity contribution in [3.63, 3.8) is 0 Å². The van der Waals surface area contributed by atoms with Crippen LogP contribution in [0.25, 0.3) is 17.1 Å². The molecule has 45 heavy (non-hydrogen) atoms. The molecular weight excluding hydrogens is 618 g/mol. The van der Waals surface area contributed by atoms with Gasteiger partial charge in [-0.3, -0.25) is 4.90 Å². The molecule has 0 aliphatic carbocycles. The third-order valence-electron chi connectivity index (χ3n) is 7.43. The van der Waals surface area contributed by atoms with Gasteiger partial charge in [0.2, 0.25) is 0 Å². The summed E-state index contributed by atoms with van der Waals surface area (Å²) in [4.78, 5) is 10.9. The third-order valence-corrected chi connectivity index (χ3v) is 8.68. The minimum Gasteiger partial charge on any atom is -0.372 e. The lowest BCUT2D eigenvalue weighted by Gasteiger charge is -2.26. The lowest BCUT2D eigenvalue weighted by molar-refractivity contribution is -0.137. The first kappa shape index (κ1) is 32.6. The van der Waals surface area contributed by atoms with E-state index in [4.69, 9.17) is 12.2 Å². The first-order valence-corrected chi connectivity index (χ1v) is 16.1. The van der Waals surface area contributed by atoms with E-state index in [2.05, 4.69) is 52.4 Å². The topological polar surface area (TPSA) is 78.6 Å². The summed E-state index contributed by atoms with van der Waals surface area (Å²) in [7, 11) is 0. The first-order valence-electron chi connectivity index (χ1n) is 14.8. The van der Waals surface area contributed by atoms with E-state index in [0.717, 1.165) is 59.3 Å². The Hall–Kier alpha value is -3.74. The minimum absolute atomic E-state index is 0.298. The number of hydrogen-bond acceptors (Lipinski definition) is 5. The summed E-state index contributed by atoms with van der Waals surface area (Å²) in [6, 6.07) is 19.1. The molecule has 0 spiro atoms. The number of hydrogen-bond donors (Lipinski definition) is 2. The van der Waals surface area contributed by atoms with Crippen molar-refractivity contribution in [2.24, 2.45) is 4.99 Å². The maximum atomic E-state index is 12.9. The highest BCUT2D eigenvalue weighted by Crippen LogP contribution is 2.36. The van der Waals surface area contributed by atoms with E-state index < -0.39 is 18.0 Å².